The van der Waals surface area contributed by atoms with Crippen molar-refractivity contribution in [3.63, 3.8) is 0 Å². The highest BCUT2D eigenvalue weighted by atomic mass is 35.6. The Bertz CT molecular complexity index is 2460. The van der Waals surface area contributed by atoms with Crippen LogP contribution in [-0.2, 0) is 55.9 Å². The molecule has 7 rings (SSSR count). The number of hydrogen-bond donors (Lipinski definition) is 1. The first-order chi connectivity index (χ1) is 32.1. The molecule has 0 spiro atoms. The summed E-state index contributed by atoms with van der Waals surface area (Å²) in [4.78, 5) is 45.1. The third-order valence-corrected chi connectivity index (χ3v) is 10.7. The number of benzene rings is 5. The number of esters is 1. The van der Waals surface area contributed by atoms with E-state index in [2.05, 4.69) is 10.3 Å². The van der Waals surface area contributed by atoms with Crippen LogP contribution in [0, 0.1) is 0 Å². The summed E-state index contributed by atoms with van der Waals surface area (Å²) in [5, 5.41) is 2.27. The largest absolute Gasteiger partial charge is 0.510 e. The summed E-state index contributed by atoms with van der Waals surface area (Å²) in [6.07, 6.45) is -16.4. The number of alkyl halides is 6. The van der Waals surface area contributed by atoms with E-state index in [1.165, 1.54) is 24.3 Å². The second kappa shape index (κ2) is 21.8. The smallest absolute Gasteiger partial charge is 0.457 e. The minimum atomic E-state index is -5.36. The Morgan fingerprint density at radius 1 is 0.716 bits per heavy atom. The number of amides is 1. The molecule has 0 bridgehead atoms. The fraction of sp³-hybridized carbons (Fsp3) is 0.292. The molecular formula is C48H42Cl3F3N2O11. The molecule has 0 saturated carbocycles. The molecule has 1 aliphatic heterocycles. The molecule has 352 valence electrons. The summed E-state index contributed by atoms with van der Waals surface area (Å²) >= 11 is 17.7. The Morgan fingerprint density at radius 3 is 1.84 bits per heavy atom. The van der Waals surface area contributed by atoms with E-state index in [-0.39, 0.29) is 18.9 Å². The van der Waals surface area contributed by atoms with Gasteiger partial charge in [0.2, 0.25) is 3.79 Å². The van der Waals surface area contributed by atoms with Gasteiger partial charge < -0.3 is 37.9 Å². The molecular weight excluding hydrogens is 944 g/mol. The van der Waals surface area contributed by atoms with Crippen molar-refractivity contribution < 1.29 is 65.4 Å². The van der Waals surface area contributed by atoms with Gasteiger partial charge >= 0.3 is 24.4 Å². The maximum Gasteiger partial charge on any atom is 0.510 e. The van der Waals surface area contributed by atoms with E-state index < -0.39 is 90.1 Å². The van der Waals surface area contributed by atoms with Gasteiger partial charge in [-0.1, -0.05) is 162 Å². The monoisotopic (exact) mass is 984 g/mol. The predicted molar refractivity (Wildman–Crippen MR) is 240 cm³/mol. The van der Waals surface area contributed by atoms with Crippen molar-refractivity contribution in [2.24, 2.45) is 4.99 Å². The van der Waals surface area contributed by atoms with Crippen LogP contribution < -0.4 is 5.32 Å². The maximum atomic E-state index is 15.2. The van der Waals surface area contributed by atoms with Gasteiger partial charge in [-0.05, 0) is 45.5 Å². The lowest BCUT2D eigenvalue weighted by Crippen LogP contribution is -2.76. The molecule has 67 heavy (non-hydrogen) atoms. The summed E-state index contributed by atoms with van der Waals surface area (Å²) in [5.74, 6) is -3.39. The lowest BCUT2D eigenvalue weighted by atomic mass is 9.92. The van der Waals surface area contributed by atoms with Crippen molar-refractivity contribution in [3.8, 4) is 11.1 Å². The van der Waals surface area contributed by atoms with E-state index in [0.717, 1.165) is 29.2 Å². The first-order valence-electron chi connectivity index (χ1n) is 20.6. The number of halogens is 6. The van der Waals surface area contributed by atoms with Crippen molar-refractivity contribution in [2.75, 3.05) is 19.8 Å². The molecule has 1 aliphatic carbocycles. The van der Waals surface area contributed by atoms with Gasteiger partial charge in [-0.2, -0.15) is 13.2 Å². The van der Waals surface area contributed by atoms with E-state index >= 15 is 13.2 Å². The summed E-state index contributed by atoms with van der Waals surface area (Å²) in [5.41, 5.74) is 1.24. The number of carbonyl (C=O) groups is 3. The van der Waals surface area contributed by atoms with Gasteiger partial charge in [0.1, 0.15) is 19.3 Å². The molecule has 1 amide bonds. The zero-order valence-electron chi connectivity index (χ0n) is 35.4. The fourth-order valence-corrected chi connectivity index (χ4v) is 7.74. The Hall–Kier alpha value is -5.88. The molecule has 19 heteroatoms. The topological polar surface area (TPSA) is 149 Å². The highest BCUT2D eigenvalue weighted by Crippen LogP contribution is 2.45. The van der Waals surface area contributed by atoms with Crippen LogP contribution in [0.3, 0.4) is 0 Å². The SMILES string of the molecule is CC(=O)O[C@@H]1[C@@H](COCc2ccccc2)OC(OC(=Nc2ccccc2)C(F)(F)F)[C@@](NC(=O)OCC(Cl)(Cl)Cl)(OC(=O)OCC2c3ccccc3-c3ccccc32)[C@H]1OCc1ccccc1. The molecule has 1 fully saturated rings. The minimum absolute atomic E-state index is 0.0409. The molecule has 5 aromatic carbocycles. The summed E-state index contributed by atoms with van der Waals surface area (Å²) in [6.45, 7) is -1.16. The number of nitrogens with zero attached hydrogens (tertiary/aromatic N) is 1. The van der Waals surface area contributed by atoms with Gasteiger partial charge in [0.25, 0.3) is 17.9 Å². The fourth-order valence-electron chi connectivity index (χ4n) is 7.58. The first kappa shape index (κ1) is 49.0. The Kier molecular flexibility index (Phi) is 16.0. The van der Waals surface area contributed by atoms with Crippen LogP contribution in [-0.4, -0.2) is 84.2 Å². The number of carbonyl (C=O) groups excluding carboxylic acids is 3. The predicted octanol–water partition coefficient (Wildman–Crippen LogP) is 10.5. The Morgan fingerprint density at radius 2 is 1.27 bits per heavy atom. The number of ether oxygens (including phenoxy) is 8. The number of nitrogens with one attached hydrogen (secondary N) is 1. The standard InChI is InChI=1S/C48H42Cl3F3N2O11/c1-30(57)64-40-39(28-60-25-31-15-5-2-6-16-31)65-43(66-42(48(52,53)54)55-33-19-9-4-10-20-33)47(56-44(58)63-29-46(49,50)51,41(40)61-26-32-17-7-3-8-18-32)67-45(59)62-27-38-36-23-13-11-21-34(36)35-22-12-14-24-37(35)38/h2-24,38-41,43H,25-29H2,1H3,(H,56,58)/t39-,40-,41+,43?,47+/m1/s1. The minimum Gasteiger partial charge on any atom is -0.457 e. The van der Waals surface area contributed by atoms with Gasteiger partial charge in [-0.15, -0.1) is 0 Å². The van der Waals surface area contributed by atoms with Crippen LogP contribution in [0.15, 0.2) is 145 Å². The quantitative estimate of drug-likeness (QED) is 0.0267. The maximum absolute atomic E-state index is 15.2. The Balaban J connectivity index is 1.35. The number of fused-ring (bicyclic) bond motifs is 3. The molecule has 1 saturated heterocycles. The number of aliphatic imine (C=N–C) groups is 1. The van der Waals surface area contributed by atoms with Crippen molar-refractivity contribution in [3.05, 3.63) is 162 Å². The van der Waals surface area contributed by atoms with Crippen LogP contribution in [0.25, 0.3) is 11.1 Å². The Labute approximate surface area is 397 Å². The average molecular weight is 986 g/mol. The zero-order valence-corrected chi connectivity index (χ0v) is 37.7. The molecule has 5 aromatic rings. The van der Waals surface area contributed by atoms with E-state index in [0.29, 0.717) is 11.1 Å². The average Bonchev–Trinajstić information content (AvgIpc) is 3.62. The molecule has 1 unspecified atom stereocenters. The van der Waals surface area contributed by atoms with E-state index in [9.17, 15) is 14.4 Å². The van der Waals surface area contributed by atoms with Gasteiger partial charge in [-0.25, -0.2) is 14.6 Å². The van der Waals surface area contributed by atoms with E-state index in [1.54, 1.807) is 66.7 Å². The third kappa shape index (κ3) is 12.8. The van der Waals surface area contributed by atoms with Crippen LogP contribution in [0.1, 0.15) is 35.1 Å². The van der Waals surface area contributed by atoms with Crippen LogP contribution >= 0.6 is 34.8 Å². The normalized spacial score (nSPS) is 20.5. The lowest BCUT2D eigenvalue weighted by Gasteiger charge is -2.51. The van der Waals surface area contributed by atoms with Crippen LogP contribution in [0.2, 0.25) is 0 Å². The number of para-hydroxylation sites is 1. The zero-order chi connectivity index (χ0) is 47.6. The molecule has 2 aliphatic rings. The molecule has 1 heterocycles. The van der Waals surface area contributed by atoms with E-state index in [4.69, 9.17) is 72.7 Å². The van der Waals surface area contributed by atoms with Gasteiger partial charge in [0.05, 0.1) is 25.5 Å². The lowest BCUT2D eigenvalue weighted by molar-refractivity contribution is -0.345. The van der Waals surface area contributed by atoms with Crippen molar-refractivity contribution in [1.82, 2.24) is 5.32 Å². The van der Waals surface area contributed by atoms with Gasteiger partial charge in [-0.3, -0.25) is 10.1 Å². The highest BCUT2D eigenvalue weighted by Gasteiger charge is 2.66. The number of rotatable bonds is 15. The molecule has 5 atom stereocenters. The second-order valence-electron chi connectivity index (χ2n) is 15.2. The van der Waals surface area contributed by atoms with Crippen molar-refractivity contribution in [1.29, 1.82) is 0 Å². The number of hydrogen-bond acceptors (Lipinski definition) is 12. The van der Waals surface area contributed by atoms with Crippen LogP contribution in [0.4, 0.5) is 28.4 Å². The van der Waals surface area contributed by atoms with Crippen LogP contribution in [0.5, 0.6) is 0 Å². The molecule has 0 radical (unpaired) electrons. The van der Waals surface area contributed by atoms with E-state index in [1.807, 2.05) is 48.5 Å². The summed E-state index contributed by atoms with van der Waals surface area (Å²) < 4.78 is 90.6. The second-order valence-corrected chi connectivity index (χ2v) is 17.7. The highest BCUT2D eigenvalue weighted by molar-refractivity contribution is 6.67. The summed E-state index contributed by atoms with van der Waals surface area (Å²) in [6, 6.07) is 39.1. The molecule has 1 N–H and O–H groups in total. The van der Waals surface area contributed by atoms with Crippen molar-refractivity contribution >= 4 is 64.6 Å². The molecule has 13 nitrogen and oxygen atoms in total. The first-order valence-corrected chi connectivity index (χ1v) is 21.8. The third-order valence-electron chi connectivity index (χ3n) is 10.4. The summed E-state index contributed by atoms with van der Waals surface area (Å²) in [7, 11) is 0. The number of alkyl carbamates (subject to hydrolysis) is 1. The van der Waals surface area contributed by atoms with Crippen molar-refractivity contribution in [2.45, 2.75) is 66.4 Å². The molecule has 0 aromatic heterocycles. The van der Waals surface area contributed by atoms with Gasteiger partial charge in [0.15, 0.2) is 12.2 Å². The van der Waals surface area contributed by atoms with Gasteiger partial charge in [0, 0.05) is 12.8 Å².